The summed E-state index contributed by atoms with van der Waals surface area (Å²) >= 11 is 3.29. The van der Waals surface area contributed by atoms with Gasteiger partial charge in [0.2, 0.25) is 0 Å². The molecule has 0 unspecified atom stereocenters. The molecule has 0 saturated heterocycles. The van der Waals surface area contributed by atoms with E-state index in [0.717, 1.165) is 4.57 Å². The molecule has 1 aromatic heterocycles. The highest BCUT2D eigenvalue weighted by Gasteiger charge is 2.18. The van der Waals surface area contributed by atoms with Crippen LogP contribution in [0.1, 0.15) is 22.7 Å². The van der Waals surface area contributed by atoms with Crippen molar-refractivity contribution in [2.45, 2.75) is 13.2 Å². The van der Waals surface area contributed by atoms with E-state index in [1.807, 2.05) is 0 Å². The fourth-order valence-electron chi connectivity index (χ4n) is 2.42. The van der Waals surface area contributed by atoms with Crippen LogP contribution in [0.3, 0.4) is 0 Å². The van der Waals surface area contributed by atoms with Crippen LogP contribution in [-0.2, 0) is 11.3 Å². The summed E-state index contributed by atoms with van der Waals surface area (Å²) in [5.41, 5.74) is 1.17. The molecular weight excluding hydrogens is 398 g/mol. The summed E-state index contributed by atoms with van der Waals surface area (Å²) in [5.74, 6) is 0.0346. The smallest absolute Gasteiger partial charge is 0.337 e. The zero-order valence-electron chi connectivity index (χ0n) is 13.1. The maximum absolute atomic E-state index is 13.4. The van der Waals surface area contributed by atoms with E-state index in [-0.39, 0.29) is 12.4 Å². The molecule has 3 rings (SSSR count). The van der Waals surface area contributed by atoms with E-state index < -0.39 is 12.5 Å². The summed E-state index contributed by atoms with van der Waals surface area (Å²) in [6.45, 7) is -2.87. The molecular formula is C17H13BrF2N2O3. The van der Waals surface area contributed by atoms with Gasteiger partial charge in [0.05, 0.1) is 28.2 Å². The van der Waals surface area contributed by atoms with Gasteiger partial charge in [-0.1, -0.05) is 12.1 Å². The first-order chi connectivity index (χ1) is 12.0. The number of esters is 1. The lowest BCUT2D eigenvalue weighted by Crippen LogP contribution is -2.08. The minimum atomic E-state index is -2.73. The highest BCUT2D eigenvalue weighted by atomic mass is 79.9. The summed E-state index contributed by atoms with van der Waals surface area (Å²) in [5, 5.41) is 0. The van der Waals surface area contributed by atoms with Crippen molar-refractivity contribution < 1.29 is 23.0 Å². The molecule has 130 valence electrons. The minimum absolute atomic E-state index is 0.111. The monoisotopic (exact) mass is 410 g/mol. The van der Waals surface area contributed by atoms with Crippen molar-refractivity contribution in [3.05, 3.63) is 58.3 Å². The van der Waals surface area contributed by atoms with E-state index >= 15 is 0 Å². The Bertz CT molecular complexity index is 927. The standard InChI is InChI=1S/C17H13BrF2N2O3/c1-24-16(23)10-6-7-14(11(18)8-10)25-9-15-21-12-4-2-3-5-13(12)22(15)17(19)20/h2-8,17H,9H2,1H3. The normalized spacial score (nSPS) is 11.1. The Morgan fingerprint density at radius 3 is 2.72 bits per heavy atom. The lowest BCUT2D eigenvalue weighted by Gasteiger charge is -2.11. The van der Waals surface area contributed by atoms with Crippen molar-refractivity contribution in [3.8, 4) is 5.75 Å². The van der Waals surface area contributed by atoms with Gasteiger partial charge < -0.3 is 9.47 Å². The average Bonchev–Trinajstić information content (AvgIpc) is 2.98. The SMILES string of the molecule is COC(=O)c1ccc(OCc2nc3ccccc3n2C(F)F)c(Br)c1. The molecule has 0 aliphatic heterocycles. The molecule has 0 bridgehead atoms. The van der Waals surface area contributed by atoms with E-state index in [0.29, 0.717) is 26.8 Å². The summed E-state index contributed by atoms with van der Waals surface area (Å²) in [6, 6.07) is 11.3. The third-order valence-corrected chi connectivity index (χ3v) is 4.19. The van der Waals surface area contributed by atoms with Gasteiger partial charge in [-0.15, -0.1) is 0 Å². The molecule has 0 amide bonds. The van der Waals surface area contributed by atoms with Gasteiger partial charge in [-0.2, -0.15) is 8.78 Å². The van der Waals surface area contributed by atoms with E-state index in [1.165, 1.54) is 19.2 Å². The van der Waals surface area contributed by atoms with Crippen LogP contribution in [0, 0.1) is 0 Å². The summed E-state index contributed by atoms with van der Waals surface area (Å²) in [6.07, 6.45) is 0. The molecule has 8 heteroatoms. The fraction of sp³-hybridized carbons (Fsp3) is 0.176. The van der Waals surface area contributed by atoms with Gasteiger partial charge in [0.1, 0.15) is 12.4 Å². The predicted molar refractivity (Wildman–Crippen MR) is 90.8 cm³/mol. The Balaban J connectivity index is 1.86. The van der Waals surface area contributed by atoms with Crippen LogP contribution in [0.25, 0.3) is 11.0 Å². The van der Waals surface area contributed by atoms with E-state index in [1.54, 1.807) is 30.3 Å². The van der Waals surface area contributed by atoms with Crippen LogP contribution in [0.2, 0.25) is 0 Å². The Kier molecular flexibility index (Phi) is 4.98. The zero-order chi connectivity index (χ0) is 18.0. The molecule has 0 spiro atoms. The Hall–Kier alpha value is -2.48. The van der Waals surface area contributed by atoms with Crippen molar-refractivity contribution in [2.24, 2.45) is 0 Å². The van der Waals surface area contributed by atoms with Crippen molar-refractivity contribution in [2.75, 3.05) is 7.11 Å². The molecule has 0 atom stereocenters. The van der Waals surface area contributed by atoms with E-state index in [9.17, 15) is 13.6 Å². The average molecular weight is 411 g/mol. The number of fused-ring (bicyclic) bond motifs is 1. The van der Waals surface area contributed by atoms with Gasteiger partial charge in [-0.25, -0.2) is 9.78 Å². The maximum atomic E-state index is 13.4. The van der Waals surface area contributed by atoms with Crippen molar-refractivity contribution in [1.82, 2.24) is 9.55 Å². The quantitative estimate of drug-likeness (QED) is 0.578. The second-order valence-corrected chi connectivity index (χ2v) is 5.94. The first-order valence-electron chi connectivity index (χ1n) is 7.26. The van der Waals surface area contributed by atoms with Crippen LogP contribution >= 0.6 is 15.9 Å². The fourth-order valence-corrected chi connectivity index (χ4v) is 2.91. The number of imidazole rings is 1. The van der Waals surface area contributed by atoms with Gasteiger partial charge in [-0.3, -0.25) is 4.57 Å². The van der Waals surface area contributed by atoms with Crippen LogP contribution in [0.5, 0.6) is 5.75 Å². The number of hydrogen-bond donors (Lipinski definition) is 0. The lowest BCUT2D eigenvalue weighted by atomic mass is 10.2. The number of alkyl halides is 2. The maximum Gasteiger partial charge on any atom is 0.337 e. The first kappa shape index (κ1) is 17.3. The molecule has 0 aliphatic carbocycles. The zero-order valence-corrected chi connectivity index (χ0v) is 14.7. The third kappa shape index (κ3) is 3.48. The number of carbonyl (C=O) groups excluding carboxylic acids is 1. The largest absolute Gasteiger partial charge is 0.484 e. The second kappa shape index (κ2) is 7.18. The number of benzene rings is 2. The minimum Gasteiger partial charge on any atom is -0.484 e. The number of para-hydroxylation sites is 2. The van der Waals surface area contributed by atoms with E-state index in [2.05, 4.69) is 25.7 Å². The molecule has 0 saturated carbocycles. The number of aromatic nitrogens is 2. The number of rotatable bonds is 5. The number of hydrogen-bond acceptors (Lipinski definition) is 4. The van der Waals surface area contributed by atoms with Crippen LogP contribution in [-0.4, -0.2) is 22.6 Å². The number of halogens is 3. The summed E-state index contributed by atoms with van der Waals surface area (Å²) in [7, 11) is 1.29. The number of carbonyl (C=O) groups is 1. The van der Waals surface area contributed by atoms with Crippen LogP contribution < -0.4 is 4.74 Å². The number of ether oxygens (including phenoxy) is 2. The van der Waals surface area contributed by atoms with Crippen LogP contribution in [0.15, 0.2) is 46.9 Å². The van der Waals surface area contributed by atoms with Gasteiger partial charge in [0.25, 0.3) is 0 Å². The van der Waals surface area contributed by atoms with Crippen LogP contribution in [0.4, 0.5) is 8.78 Å². The molecule has 0 N–H and O–H groups in total. The molecule has 5 nitrogen and oxygen atoms in total. The van der Waals surface area contributed by atoms with Gasteiger partial charge in [0.15, 0.2) is 5.82 Å². The van der Waals surface area contributed by atoms with Crippen molar-refractivity contribution in [1.29, 1.82) is 0 Å². The molecule has 3 aromatic rings. The Morgan fingerprint density at radius 1 is 1.28 bits per heavy atom. The van der Waals surface area contributed by atoms with E-state index in [4.69, 9.17) is 4.74 Å². The van der Waals surface area contributed by atoms with Gasteiger partial charge in [-0.05, 0) is 46.3 Å². The highest BCUT2D eigenvalue weighted by Crippen LogP contribution is 2.28. The predicted octanol–water partition coefficient (Wildman–Crippen LogP) is 4.56. The Morgan fingerprint density at radius 2 is 2.04 bits per heavy atom. The third-order valence-electron chi connectivity index (χ3n) is 3.57. The molecule has 1 heterocycles. The number of nitrogens with zero attached hydrogens (tertiary/aromatic N) is 2. The second-order valence-electron chi connectivity index (χ2n) is 5.09. The molecule has 0 radical (unpaired) electrons. The molecule has 25 heavy (non-hydrogen) atoms. The number of methoxy groups -OCH3 is 1. The first-order valence-corrected chi connectivity index (χ1v) is 8.05. The summed E-state index contributed by atoms with van der Waals surface area (Å²) < 4.78 is 38.4. The Labute approximate surface area is 150 Å². The van der Waals surface area contributed by atoms with Crippen molar-refractivity contribution >= 4 is 32.9 Å². The lowest BCUT2D eigenvalue weighted by molar-refractivity contribution is 0.0599. The molecule has 0 aliphatic rings. The molecule has 0 fully saturated rings. The molecule has 2 aromatic carbocycles. The van der Waals surface area contributed by atoms with Crippen molar-refractivity contribution in [3.63, 3.8) is 0 Å². The summed E-state index contributed by atoms with van der Waals surface area (Å²) in [4.78, 5) is 15.7. The highest BCUT2D eigenvalue weighted by molar-refractivity contribution is 9.10. The van der Waals surface area contributed by atoms with Gasteiger partial charge >= 0.3 is 12.5 Å². The van der Waals surface area contributed by atoms with Gasteiger partial charge in [0, 0.05) is 0 Å². The topological polar surface area (TPSA) is 53.4 Å².